The number of rotatable bonds is 6. The molecule has 0 saturated carbocycles. The molecule has 0 spiro atoms. The molecule has 1 rings (SSSR count). The molecule has 4 heteroatoms. The van der Waals surface area contributed by atoms with Gasteiger partial charge in [-0.25, -0.2) is 4.39 Å². The van der Waals surface area contributed by atoms with Crippen LogP contribution in [0.25, 0.3) is 0 Å². The van der Waals surface area contributed by atoms with Crippen LogP contribution < -0.4 is 0 Å². The maximum Gasteiger partial charge on any atom is 0.157 e. The summed E-state index contributed by atoms with van der Waals surface area (Å²) in [5.41, 5.74) is 0.0000140. The van der Waals surface area contributed by atoms with E-state index in [0.717, 1.165) is 12.8 Å². The van der Waals surface area contributed by atoms with Gasteiger partial charge in [0.2, 0.25) is 0 Å². The molecule has 0 aliphatic heterocycles. The van der Waals surface area contributed by atoms with E-state index in [0.29, 0.717) is 6.42 Å². The third kappa shape index (κ3) is 3.78. The van der Waals surface area contributed by atoms with Crippen molar-refractivity contribution < 1.29 is 9.18 Å². The predicted molar refractivity (Wildman–Crippen MR) is 73.5 cm³/mol. The van der Waals surface area contributed by atoms with E-state index < -0.39 is 11.7 Å². The van der Waals surface area contributed by atoms with Crippen molar-refractivity contribution >= 4 is 17.4 Å². The summed E-state index contributed by atoms with van der Waals surface area (Å²) in [6.07, 6.45) is 2.60. The number of carbonyl (C=O) groups is 1. The molecule has 0 amide bonds. The summed E-state index contributed by atoms with van der Waals surface area (Å²) >= 11 is 5.91. The standard InChI is InChI=1S/C15H17ClFNO/c1-3-4-6-10(2)15(19)11(9-18)14-12(16)7-5-8-13(14)17/h5,7-8,10-11H,3-4,6H2,1-2H3. The molecule has 0 aromatic heterocycles. The number of nitriles is 1. The fourth-order valence-corrected chi connectivity index (χ4v) is 2.27. The molecule has 1 aromatic carbocycles. The van der Waals surface area contributed by atoms with Crippen molar-refractivity contribution in [2.45, 2.75) is 39.0 Å². The zero-order chi connectivity index (χ0) is 14.4. The van der Waals surface area contributed by atoms with E-state index in [-0.39, 0.29) is 22.3 Å². The first-order valence-corrected chi connectivity index (χ1v) is 6.78. The van der Waals surface area contributed by atoms with Crippen LogP contribution in [-0.2, 0) is 4.79 Å². The van der Waals surface area contributed by atoms with Crippen LogP contribution >= 0.6 is 11.6 Å². The lowest BCUT2D eigenvalue weighted by atomic mass is 9.86. The Labute approximate surface area is 118 Å². The zero-order valence-electron chi connectivity index (χ0n) is 11.1. The van der Waals surface area contributed by atoms with Crippen molar-refractivity contribution in [3.8, 4) is 6.07 Å². The number of ketones is 1. The van der Waals surface area contributed by atoms with Crippen molar-refractivity contribution in [1.82, 2.24) is 0 Å². The minimum absolute atomic E-state index is 0.0000140. The van der Waals surface area contributed by atoms with Crippen LogP contribution in [0.15, 0.2) is 18.2 Å². The lowest BCUT2D eigenvalue weighted by molar-refractivity contribution is -0.122. The number of carbonyl (C=O) groups excluding carboxylic acids is 1. The molecule has 0 N–H and O–H groups in total. The Morgan fingerprint density at radius 1 is 1.53 bits per heavy atom. The van der Waals surface area contributed by atoms with Gasteiger partial charge in [0.25, 0.3) is 0 Å². The van der Waals surface area contributed by atoms with Gasteiger partial charge in [-0.1, -0.05) is 44.4 Å². The second kappa shape index (κ2) is 7.25. The summed E-state index contributed by atoms with van der Waals surface area (Å²) in [6, 6.07) is 6.05. The number of hydrogen-bond donors (Lipinski definition) is 0. The monoisotopic (exact) mass is 281 g/mol. The van der Waals surface area contributed by atoms with Gasteiger partial charge in [-0.15, -0.1) is 0 Å². The second-order valence-corrected chi connectivity index (χ2v) is 5.05. The summed E-state index contributed by atoms with van der Waals surface area (Å²) in [6.45, 7) is 3.81. The molecule has 0 fully saturated rings. The number of unbranched alkanes of at least 4 members (excludes halogenated alkanes) is 1. The van der Waals surface area contributed by atoms with Crippen molar-refractivity contribution in [2.75, 3.05) is 0 Å². The van der Waals surface area contributed by atoms with Crippen molar-refractivity contribution in [2.24, 2.45) is 5.92 Å². The van der Waals surface area contributed by atoms with E-state index in [2.05, 4.69) is 0 Å². The third-order valence-corrected chi connectivity index (χ3v) is 3.51. The topological polar surface area (TPSA) is 40.9 Å². The smallest absolute Gasteiger partial charge is 0.157 e. The minimum atomic E-state index is -1.12. The average molecular weight is 282 g/mol. The van der Waals surface area contributed by atoms with Gasteiger partial charge in [0.15, 0.2) is 5.78 Å². The summed E-state index contributed by atoms with van der Waals surface area (Å²) in [7, 11) is 0. The fraction of sp³-hybridized carbons (Fsp3) is 0.467. The molecular formula is C15H17ClFNO. The van der Waals surface area contributed by atoms with Crippen LogP contribution in [0.5, 0.6) is 0 Å². The molecule has 0 aliphatic carbocycles. The Kier molecular flexibility index (Phi) is 5.98. The van der Waals surface area contributed by atoms with Gasteiger partial charge in [0.05, 0.1) is 6.07 Å². The summed E-state index contributed by atoms with van der Waals surface area (Å²) in [5.74, 6) is -2.25. The molecule has 19 heavy (non-hydrogen) atoms. The first-order chi connectivity index (χ1) is 9.02. The number of hydrogen-bond acceptors (Lipinski definition) is 2. The highest BCUT2D eigenvalue weighted by Crippen LogP contribution is 2.30. The summed E-state index contributed by atoms with van der Waals surface area (Å²) in [4.78, 5) is 12.2. The minimum Gasteiger partial charge on any atom is -0.298 e. The fourth-order valence-electron chi connectivity index (χ4n) is 1.99. The number of Topliss-reactive ketones (excluding diaryl/α,β-unsaturated/α-hetero) is 1. The van der Waals surface area contributed by atoms with E-state index in [4.69, 9.17) is 11.6 Å². The zero-order valence-corrected chi connectivity index (χ0v) is 11.9. The Morgan fingerprint density at radius 2 is 2.21 bits per heavy atom. The number of nitrogens with zero attached hydrogens (tertiary/aromatic N) is 1. The first-order valence-electron chi connectivity index (χ1n) is 6.40. The van der Waals surface area contributed by atoms with E-state index in [1.807, 2.05) is 13.0 Å². The highest BCUT2D eigenvalue weighted by Gasteiger charge is 2.29. The molecule has 2 unspecified atom stereocenters. The Hall–Kier alpha value is -1.40. The van der Waals surface area contributed by atoms with Crippen molar-refractivity contribution in [1.29, 1.82) is 5.26 Å². The normalized spacial score (nSPS) is 13.6. The van der Waals surface area contributed by atoms with Gasteiger partial charge in [0, 0.05) is 16.5 Å². The molecule has 0 radical (unpaired) electrons. The van der Waals surface area contributed by atoms with Gasteiger partial charge in [-0.2, -0.15) is 5.26 Å². The average Bonchev–Trinajstić information content (AvgIpc) is 2.39. The highest BCUT2D eigenvalue weighted by atomic mass is 35.5. The maximum atomic E-state index is 13.8. The van der Waals surface area contributed by atoms with Gasteiger partial charge in [0.1, 0.15) is 11.7 Å². The number of benzene rings is 1. The molecule has 1 aromatic rings. The Morgan fingerprint density at radius 3 is 2.74 bits per heavy atom. The first kappa shape index (κ1) is 15.7. The van der Waals surface area contributed by atoms with Crippen LogP contribution in [0.4, 0.5) is 4.39 Å². The summed E-state index contributed by atoms with van der Waals surface area (Å²) in [5, 5.41) is 9.30. The predicted octanol–water partition coefficient (Wildman–Crippen LogP) is 4.48. The second-order valence-electron chi connectivity index (χ2n) is 4.64. The number of halogens is 2. The molecule has 2 atom stereocenters. The van der Waals surface area contributed by atoms with Gasteiger partial charge in [-0.05, 0) is 18.6 Å². The van der Waals surface area contributed by atoms with Crippen LogP contribution in [0.1, 0.15) is 44.6 Å². The molecule has 102 valence electrons. The highest BCUT2D eigenvalue weighted by molar-refractivity contribution is 6.31. The summed E-state index contributed by atoms with van der Waals surface area (Å²) < 4.78 is 13.8. The van der Waals surface area contributed by atoms with Crippen molar-refractivity contribution in [3.63, 3.8) is 0 Å². The molecule has 0 heterocycles. The molecule has 0 aliphatic rings. The lowest BCUT2D eigenvalue weighted by Gasteiger charge is -2.16. The molecule has 2 nitrogen and oxygen atoms in total. The Bertz CT molecular complexity index is 475. The van der Waals surface area contributed by atoms with Gasteiger partial charge < -0.3 is 0 Å². The quantitative estimate of drug-likeness (QED) is 0.771. The maximum absolute atomic E-state index is 13.8. The van der Waals surface area contributed by atoms with Gasteiger partial charge >= 0.3 is 0 Å². The molecule has 0 saturated heterocycles. The van der Waals surface area contributed by atoms with Crippen LogP contribution in [-0.4, -0.2) is 5.78 Å². The van der Waals surface area contributed by atoms with E-state index in [1.54, 1.807) is 6.92 Å². The van der Waals surface area contributed by atoms with E-state index >= 15 is 0 Å². The van der Waals surface area contributed by atoms with Crippen LogP contribution in [0.2, 0.25) is 5.02 Å². The lowest BCUT2D eigenvalue weighted by Crippen LogP contribution is -2.20. The van der Waals surface area contributed by atoms with E-state index in [1.165, 1.54) is 18.2 Å². The SMILES string of the molecule is CCCCC(C)C(=O)C(C#N)c1c(F)cccc1Cl. The van der Waals surface area contributed by atoms with Crippen molar-refractivity contribution in [3.05, 3.63) is 34.6 Å². The van der Waals surface area contributed by atoms with Crippen LogP contribution in [0, 0.1) is 23.1 Å². The largest absolute Gasteiger partial charge is 0.298 e. The third-order valence-electron chi connectivity index (χ3n) is 3.18. The molecule has 0 bridgehead atoms. The van der Waals surface area contributed by atoms with Gasteiger partial charge in [-0.3, -0.25) is 4.79 Å². The van der Waals surface area contributed by atoms with Crippen LogP contribution in [0.3, 0.4) is 0 Å². The van der Waals surface area contributed by atoms with E-state index in [9.17, 15) is 14.4 Å². The molecular weight excluding hydrogens is 265 g/mol. The Balaban J connectivity index is 3.01.